The summed E-state index contributed by atoms with van der Waals surface area (Å²) in [7, 11) is 0. The van der Waals surface area contributed by atoms with E-state index in [1.165, 1.54) is 6.92 Å². The van der Waals surface area contributed by atoms with Crippen LogP contribution in [0.4, 0.5) is 0 Å². The Kier molecular flexibility index (Phi) is 4.41. The number of ether oxygens (including phenoxy) is 1. The molecule has 2 rings (SSSR count). The van der Waals surface area contributed by atoms with Crippen LogP contribution in [0.15, 0.2) is 23.8 Å². The molecule has 0 radical (unpaired) electrons. The molecule has 0 aliphatic heterocycles. The molecule has 0 aromatic carbocycles. The van der Waals surface area contributed by atoms with Gasteiger partial charge in [0.15, 0.2) is 11.6 Å². The summed E-state index contributed by atoms with van der Waals surface area (Å²) in [5, 5.41) is 0. The van der Waals surface area contributed by atoms with E-state index in [2.05, 4.69) is 13.5 Å². The van der Waals surface area contributed by atoms with Crippen molar-refractivity contribution >= 4 is 17.5 Å². The van der Waals surface area contributed by atoms with Gasteiger partial charge in [-0.25, -0.2) is 4.79 Å². The zero-order valence-corrected chi connectivity index (χ0v) is 13.8. The molecule has 0 N–H and O–H groups in total. The van der Waals surface area contributed by atoms with Gasteiger partial charge in [0, 0.05) is 17.9 Å². The van der Waals surface area contributed by atoms with Gasteiger partial charge in [0.2, 0.25) is 0 Å². The van der Waals surface area contributed by atoms with Crippen LogP contribution in [0.2, 0.25) is 0 Å². The number of esters is 1. The van der Waals surface area contributed by atoms with Crippen molar-refractivity contribution in [3.05, 3.63) is 23.8 Å². The molecule has 0 spiro atoms. The number of carbonyl (C=O) groups is 3. The quantitative estimate of drug-likeness (QED) is 0.457. The van der Waals surface area contributed by atoms with Crippen molar-refractivity contribution in [3.63, 3.8) is 0 Å². The summed E-state index contributed by atoms with van der Waals surface area (Å²) in [6.45, 7) is 10.8. The summed E-state index contributed by atoms with van der Waals surface area (Å²) in [6, 6.07) is 0. The van der Waals surface area contributed by atoms with Gasteiger partial charge >= 0.3 is 5.97 Å². The monoisotopic (exact) mass is 304 g/mol. The summed E-state index contributed by atoms with van der Waals surface area (Å²) < 4.78 is 5.56. The van der Waals surface area contributed by atoms with Crippen LogP contribution < -0.4 is 0 Å². The molecule has 0 saturated heterocycles. The van der Waals surface area contributed by atoms with E-state index in [-0.39, 0.29) is 40.9 Å². The third-order valence-electron chi connectivity index (χ3n) is 5.39. The summed E-state index contributed by atoms with van der Waals surface area (Å²) in [5.74, 6) is -0.353. The van der Waals surface area contributed by atoms with Gasteiger partial charge in [0.25, 0.3) is 0 Å². The Hall–Kier alpha value is -1.71. The van der Waals surface area contributed by atoms with Crippen LogP contribution in [-0.4, -0.2) is 23.6 Å². The van der Waals surface area contributed by atoms with Crippen molar-refractivity contribution in [1.82, 2.24) is 0 Å². The minimum absolute atomic E-state index is 0.0528. The van der Waals surface area contributed by atoms with Gasteiger partial charge < -0.3 is 4.74 Å². The summed E-state index contributed by atoms with van der Waals surface area (Å²) >= 11 is 0. The predicted octanol–water partition coefficient (Wildman–Crippen LogP) is 3.01. The molecular formula is C18H24O4. The molecule has 4 nitrogen and oxygen atoms in total. The molecule has 0 unspecified atom stereocenters. The molecule has 4 heteroatoms. The lowest BCUT2D eigenvalue weighted by atomic mass is 9.56. The molecule has 120 valence electrons. The van der Waals surface area contributed by atoms with E-state index in [0.717, 1.165) is 12.8 Å². The molecule has 0 aromatic heterocycles. The highest BCUT2D eigenvalue weighted by molar-refractivity contribution is 6.19. The van der Waals surface area contributed by atoms with Gasteiger partial charge in [-0.05, 0) is 38.0 Å². The highest BCUT2D eigenvalue weighted by Gasteiger charge is 2.49. The van der Waals surface area contributed by atoms with Crippen LogP contribution in [-0.2, 0) is 19.1 Å². The number of rotatable bonds is 3. The maximum atomic E-state index is 12.1. The molecule has 0 heterocycles. The van der Waals surface area contributed by atoms with Gasteiger partial charge in [-0.1, -0.05) is 26.5 Å². The SMILES string of the molecule is C=C(C)C(=O)O[C@H]1CC[C@@H]2CC(=O)C(C(C)=O)=C[C@]2(C)[C@H]1C. The van der Waals surface area contributed by atoms with Crippen LogP contribution in [0.3, 0.4) is 0 Å². The fourth-order valence-electron chi connectivity index (χ4n) is 3.69. The normalized spacial score (nSPS) is 34.5. The van der Waals surface area contributed by atoms with Crippen molar-refractivity contribution < 1.29 is 19.1 Å². The standard InChI is InChI=1S/C18H24O4/c1-10(2)17(21)22-16-7-6-13-8-15(20)14(12(4)19)9-18(13,5)11(16)3/h9,11,13,16H,1,6-8H2,2-5H3/t11-,13+,16-,18+/m0/s1. The highest BCUT2D eigenvalue weighted by atomic mass is 16.5. The third-order valence-corrected chi connectivity index (χ3v) is 5.39. The summed E-state index contributed by atoms with van der Waals surface area (Å²) in [6.07, 6.45) is 3.60. The van der Waals surface area contributed by atoms with E-state index in [1.54, 1.807) is 6.92 Å². The van der Waals surface area contributed by atoms with Crippen molar-refractivity contribution in [2.45, 2.75) is 53.1 Å². The Morgan fingerprint density at radius 1 is 1.32 bits per heavy atom. The first-order valence-electron chi connectivity index (χ1n) is 7.80. The van der Waals surface area contributed by atoms with Crippen molar-refractivity contribution in [1.29, 1.82) is 0 Å². The topological polar surface area (TPSA) is 60.4 Å². The average molecular weight is 304 g/mol. The smallest absolute Gasteiger partial charge is 0.333 e. The molecule has 0 bridgehead atoms. The second-order valence-electron chi connectivity index (χ2n) is 6.89. The molecule has 0 amide bonds. The first-order chi connectivity index (χ1) is 10.2. The largest absolute Gasteiger partial charge is 0.459 e. The fourth-order valence-corrected chi connectivity index (χ4v) is 3.69. The van der Waals surface area contributed by atoms with Crippen LogP contribution in [0, 0.1) is 17.3 Å². The van der Waals surface area contributed by atoms with Crippen LogP contribution in [0.5, 0.6) is 0 Å². The van der Waals surface area contributed by atoms with Crippen molar-refractivity contribution in [2.24, 2.45) is 17.3 Å². The number of hydrogen-bond donors (Lipinski definition) is 0. The summed E-state index contributed by atoms with van der Waals surface area (Å²) in [4.78, 5) is 35.6. The Morgan fingerprint density at radius 3 is 2.50 bits per heavy atom. The van der Waals surface area contributed by atoms with E-state index in [4.69, 9.17) is 4.74 Å². The Bertz CT molecular complexity index is 572. The maximum Gasteiger partial charge on any atom is 0.333 e. The van der Waals surface area contributed by atoms with Crippen LogP contribution in [0.1, 0.15) is 47.0 Å². The second-order valence-corrected chi connectivity index (χ2v) is 6.89. The molecular weight excluding hydrogens is 280 g/mol. The molecule has 2 aliphatic rings. The van der Waals surface area contributed by atoms with Gasteiger partial charge in [0.05, 0.1) is 5.57 Å². The Labute approximate surface area is 131 Å². The lowest BCUT2D eigenvalue weighted by molar-refractivity contribution is -0.154. The minimum Gasteiger partial charge on any atom is -0.459 e. The number of hydrogen-bond acceptors (Lipinski definition) is 4. The van der Waals surface area contributed by atoms with Gasteiger partial charge in [0.1, 0.15) is 6.10 Å². The number of allylic oxidation sites excluding steroid dienone is 2. The number of Topliss-reactive ketones (excluding diaryl/α,β-unsaturated/α-hetero) is 2. The molecule has 1 fully saturated rings. The van der Waals surface area contributed by atoms with E-state index in [1.807, 2.05) is 13.0 Å². The average Bonchev–Trinajstić information content (AvgIpc) is 2.43. The highest BCUT2D eigenvalue weighted by Crippen LogP contribution is 2.51. The van der Waals surface area contributed by atoms with E-state index < -0.39 is 0 Å². The zero-order valence-electron chi connectivity index (χ0n) is 13.8. The molecule has 1 saturated carbocycles. The molecule has 2 aliphatic carbocycles. The maximum absolute atomic E-state index is 12.1. The first kappa shape index (κ1) is 16.7. The van der Waals surface area contributed by atoms with Crippen molar-refractivity contribution in [2.75, 3.05) is 0 Å². The third kappa shape index (κ3) is 2.79. The molecule has 0 aromatic rings. The first-order valence-corrected chi connectivity index (χ1v) is 7.80. The second kappa shape index (κ2) is 5.82. The number of ketones is 2. The Balaban J connectivity index is 2.30. The van der Waals surface area contributed by atoms with E-state index in [0.29, 0.717) is 17.6 Å². The zero-order chi connectivity index (χ0) is 16.7. The lowest BCUT2D eigenvalue weighted by Gasteiger charge is -2.49. The predicted molar refractivity (Wildman–Crippen MR) is 83.1 cm³/mol. The van der Waals surface area contributed by atoms with Gasteiger partial charge in [-0.2, -0.15) is 0 Å². The summed E-state index contributed by atoms with van der Waals surface area (Å²) in [5.41, 5.74) is 0.392. The van der Waals surface area contributed by atoms with Crippen LogP contribution in [0.25, 0.3) is 0 Å². The Morgan fingerprint density at radius 2 is 1.95 bits per heavy atom. The minimum atomic E-state index is -0.374. The number of carbonyl (C=O) groups excluding carboxylic acids is 3. The number of fused-ring (bicyclic) bond motifs is 1. The molecule has 4 atom stereocenters. The van der Waals surface area contributed by atoms with Crippen LogP contribution >= 0.6 is 0 Å². The lowest BCUT2D eigenvalue weighted by Crippen LogP contribution is -2.48. The van der Waals surface area contributed by atoms with Crippen molar-refractivity contribution in [3.8, 4) is 0 Å². The molecule has 22 heavy (non-hydrogen) atoms. The van der Waals surface area contributed by atoms with Gasteiger partial charge in [-0.3, -0.25) is 9.59 Å². The van der Waals surface area contributed by atoms with E-state index >= 15 is 0 Å². The fraction of sp³-hybridized carbons (Fsp3) is 0.611. The van der Waals surface area contributed by atoms with Gasteiger partial charge in [-0.15, -0.1) is 0 Å². The van der Waals surface area contributed by atoms with E-state index in [9.17, 15) is 14.4 Å².